The molecule has 3 atom stereocenters. The topological polar surface area (TPSA) is 41.9 Å². The van der Waals surface area contributed by atoms with Gasteiger partial charge in [-0.05, 0) is 85.5 Å². The molecule has 2 aromatic rings. The summed E-state index contributed by atoms with van der Waals surface area (Å²) < 4.78 is 10.9. The third kappa shape index (κ3) is 3.78. The highest BCUT2D eigenvalue weighted by Crippen LogP contribution is 2.56. The molecular weight excluding hydrogens is 410 g/mol. The van der Waals surface area contributed by atoms with Gasteiger partial charge >= 0.3 is 0 Å². The molecule has 5 heteroatoms. The van der Waals surface area contributed by atoms with Gasteiger partial charge in [0, 0.05) is 18.0 Å². The fraction of sp³-hybridized carbons (Fsp3) is 0.538. The monoisotopic (exact) mass is 443 g/mol. The molecule has 0 unspecified atom stereocenters. The number of rotatable bonds is 5. The van der Waals surface area contributed by atoms with E-state index in [1.54, 1.807) is 14.2 Å². The van der Waals surface area contributed by atoms with E-state index in [0.29, 0.717) is 11.8 Å². The number of halogens is 1. The zero-order valence-corrected chi connectivity index (χ0v) is 19.4. The Morgan fingerprint density at radius 1 is 1.03 bits per heavy atom. The van der Waals surface area contributed by atoms with Crippen LogP contribution in [0.4, 0.5) is 0 Å². The smallest absolute Gasteiger partial charge is 0.160 e. The van der Waals surface area contributed by atoms with E-state index in [0.717, 1.165) is 43.3 Å². The van der Waals surface area contributed by atoms with Gasteiger partial charge in [-0.25, -0.2) is 0 Å². The highest BCUT2D eigenvalue weighted by atomic mass is 35.5. The van der Waals surface area contributed by atoms with Crippen LogP contribution in [0.1, 0.15) is 48.8 Å². The predicted molar refractivity (Wildman–Crippen MR) is 126 cm³/mol. The molecule has 31 heavy (non-hydrogen) atoms. The molecule has 168 valence electrons. The number of hydrogen-bond donors (Lipinski definition) is 1. The molecule has 0 radical (unpaired) electrons. The van der Waals surface area contributed by atoms with Crippen LogP contribution < -0.4 is 9.47 Å². The van der Waals surface area contributed by atoms with E-state index < -0.39 is 0 Å². The number of aromatic hydroxyl groups is 1. The first-order valence-electron chi connectivity index (χ1n) is 11.4. The fourth-order valence-corrected chi connectivity index (χ4v) is 6.66. The van der Waals surface area contributed by atoms with Crippen LogP contribution in [0.5, 0.6) is 17.2 Å². The Bertz CT molecular complexity index is 933. The summed E-state index contributed by atoms with van der Waals surface area (Å²) in [6.07, 6.45) is 8.65. The van der Waals surface area contributed by atoms with Gasteiger partial charge < -0.3 is 14.6 Å². The number of fused-ring (bicyclic) bond motifs is 1. The average molecular weight is 444 g/mol. The zero-order valence-electron chi connectivity index (χ0n) is 18.6. The number of nitrogens with zero attached hydrogens (tertiary/aromatic N) is 1. The molecule has 2 fully saturated rings. The molecule has 1 saturated carbocycles. The Morgan fingerprint density at radius 2 is 1.87 bits per heavy atom. The van der Waals surface area contributed by atoms with Crippen molar-refractivity contribution in [2.45, 2.75) is 56.4 Å². The van der Waals surface area contributed by atoms with Gasteiger partial charge in [0.2, 0.25) is 0 Å². The first-order valence-corrected chi connectivity index (χ1v) is 11.4. The van der Waals surface area contributed by atoms with Crippen molar-refractivity contribution in [1.29, 1.82) is 0 Å². The van der Waals surface area contributed by atoms with Crippen LogP contribution >= 0.6 is 12.4 Å². The van der Waals surface area contributed by atoms with Gasteiger partial charge in [0.25, 0.3) is 0 Å². The molecule has 2 aliphatic carbocycles. The van der Waals surface area contributed by atoms with Crippen molar-refractivity contribution in [2.75, 3.05) is 27.3 Å². The lowest BCUT2D eigenvalue weighted by Gasteiger charge is -2.59. The van der Waals surface area contributed by atoms with E-state index in [2.05, 4.69) is 29.2 Å². The summed E-state index contributed by atoms with van der Waals surface area (Å²) in [5, 5.41) is 10.2. The molecule has 1 heterocycles. The molecule has 1 N–H and O–H groups in total. The lowest BCUT2D eigenvalue weighted by atomic mass is 9.52. The Hall–Kier alpha value is -1.91. The minimum absolute atomic E-state index is 0. The summed E-state index contributed by atoms with van der Waals surface area (Å²) in [4.78, 5) is 2.75. The maximum absolute atomic E-state index is 10.2. The van der Waals surface area contributed by atoms with Crippen LogP contribution in [-0.2, 0) is 18.3 Å². The third-order valence-electron chi connectivity index (χ3n) is 8.07. The summed E-state index contributed by atoms with van der Waals surface area (Å²) in [6.45, 7) is 2.24. The van der Waals surface area contributed by atoms with E-state index in [-0.39, 0.29) is 17.8 Å². The molecule has 3 aliphatic rings. The van der Waals surface area contributed by atoms with Crippen LogP contribution in [0.15, 0.2) is 36.4 Å². The molecule has 4 nitrogen and oxygen atoms in total. The zero-order chi connectivity index (χ0) is 20.7. The van der Waals surface area contributed by atoms with Gasteiger partial charge in [-0.15, -0.1) is 12.4 Å². The molecule has 2 bridgehead atoms. The van der Waals surface area contributed by atoms with Crippen molar-refractivity contribution < 1.29 is 14.6 Å². The second-order valence-corrected chi connectivity index (χ2v) is 9.35. The summed E-state index contributed by atoms with van der Waals surface area (Å²) in [7, 11) is 3.38. The lowest BCUT2D eigenvalue weighted by Crippen LogP contribution is -2.61. The lowest BCUT2D eigenvalue weighted by molar-refractivity contribution is -0.0107. The molecule has 0 spiro atoms. The van der Waals surface area contributed by atoms with Crippen molar-refractivity contribution in [3.05, 3.63) is 53.1 Å². The van der Waals surface area contributed by atoms with Crippen molar-refractivity contribution in [3.8, 4) is 17.2 Å². The van der Waals surface area contributed by atoms with E-state index in [4.69, 9.17) is 9.47 Å². The van der Waals surface area contributed by atoms with Gasteiger partial charge in [0.1, 0.15) is 5.75 Å². The van der Waals surface area contributed by atoms with Crippen LogP contribution in [0.2, 0.25) is 0 Å². The van der Waals surface area contributed by atoms with E-state index >= 15 is 0 Å². The Labute approximate surface area is 192 Å². The highest BCUT2D eigenvalue weighted by molar-refractivity contribution is 5.85. The van der Waals surface area contributed by atoms with Gasteiger partial charge in [-0.2, -0.15) is 0 Å². The van der Waals surface area contributed by atoms with Gasteiger partial charge in [-0.3, -0.25) is 4.90 Å². The molecular formula is C26H34ClNO3. The third-order valence-corrected chi connectivity index (χ3v) is 8.07. The molecule has 5 rings (SSSR count). The van der Waals surface area contributed by atoms with Gasteiger partial charge in [0.15, 0.2) is 11.5 Å². The van der Waals surface area contributed by atoms with Crippen molar-refractivity contribution in [1.82, 2.24) is 4.90 Å². The standard InChI is InChI=1S/C26H33NO3.ClH/c1-29-24-9-6-18(15-25(24)30-2)10-13-27-14-12-26-11-4-3-5-21(26)23(27)16-19-7-8-20(28)17-22(19)26;/h6-9,15,17,21,23,28H,3-5,10-14,16H2,1-2H3;1H/t21-,23+,26+;/m0./s1. The van der Waals surface area contributed by atoms with Gasteiger partial charge in [-0.1, -0.05) is 25.0 Å². The highest BCUT2D eigenvalue weighted by Gasteiger charge is 2.53. The number of methoxy groups -OCH3 is 2. The maximum Gasteiger partial charge on any atom is 0.160 e. The quantitative estimate of drug-likeness (QED) is 0.695. The average Bonchev–Trinajstić information content (AvgIpc) is 2.78. The largest absolute Gasteiger partial charge is 0.508 e. The molecule has 0 aromatic heterocycles. The second kappa shape index (κ2) is 8.91. The Morgan fingerprint density at radius 3 is 2.68 bits per heavy atom. The molecule has 2 aromatic carbocycles. The summed E-state index contributed by atoms with van der Waals surface area (Å²) in [5.41, 5.74) is 4.51. The predicted octanol–water partition coefficient (Wildman–Crippen LogP) is 5.13. The summed E-state index contributed by atoms with van der Waals surface area (Å²) >= 11 is 0. The normalized spacial score (nSPS) is 26.9. The maximum atomic E-state index is 10.2. The minimum Gasteiger partial charge on any atom is -0.508 e. The first-order chi connectivity index (χ1) is 14.6. The molecule has 1 aliphatic heterocycles. The number of ether oxygens (including phenoxy) is 2. The first kappa shape index (κ1) is 22.3. The fourth-order valence-electron chi connectivity index (χ4n) is 6.66. The van der Waals surface area contributed by atoms with Crippen LogP contribution in [-0.4, -0.2) is 43.4 Å². The second-order valence-electron chi connectivity index (χ2n) is 9.35. The van der Waals surface area contributed by atoms with Crippen molar-refractivity contribution in [2.24, 2.45) is 5.92 Å². The van der Waals surface area contributed by atoms with Gasteiger partial charge in [0.05, 0.1) is 14.2 Å². The number of benzene rings is 2. The van der Waals surface area contributed by atoms with E-state index in [1.165, 1.54) is 48.8 Å². The SMILES string of the molecule is COc1ccc(CCN2CC[C@]34CCCC[C@H]3[C@H]2Cc2ccc(O)cc24)cc1OC.Cl. The number of hydrogen-bond acceptors (Lipinski definition) is 4. The Balaban J connectivity index is 0.00000231. The summed E-state index contributed by atoms with van der Waals surface area (Å²) in [6, 6.07) is 13.1. The number of likely N-dealkylation sites (tertiary alicyclic amines) is 1. The van der Waals surface area contributed by atoms with Crippen LogP contribution in [0.3, 0.4) is 0 Å². The number of phenolic OH excluding ortho intramolecular Hbond substituents is 1. The van der Waals surface area contributed by atoms with E-state index in [1.807, 2.05) is 12.1 Å². The van der Waals surface area contributed by atoms with Crippen molar-refractivity contribution in [3.63, 3.8) is 0 Å². The molecule has 1 saturated heterocycles. The number of piperidine rings is 1. The number of phenols is 1. The Kier molecular flexibility index (Phi) is 6.41. The van der Waals surface area contributed by atoms with Crippen molar-refractivity contribution >= 4 is 12.4 Å². The minimum atomic E-state index is 0. The summed E-state index contributed by atoms with van der Waals surface area (Å²) in [5.74, 6) is 2.76. The van der Waals surface area contributed by atoms with Crippen LogP contribution in [0.25, 0.3) is 0 Å². The van der Waals surface area contributed by atoms with E-state index in [9.17, 15) is 5.11 Å². The van der Waals surface area contributed by atoms with Crippen LogP contribution in [0, 0.1) is 5.92 Å². The molecule has 0 amide bonds.